The largest absolute Gasteiger partial charge is 0.416 e. The predicted molar refractivity (Wildman–Crippen MR) is 114 cm³/mol. The van der Waals surface area contributed by atoms with Crippen molar-refractivity contribution in [1.82, 2.24) is 10.1 Å². The molecule has 0 bridgehead atoms. The maximum atomic E-state index is 12.8. The standard InChI is InChI=1S/C22H20F3N3OS/c1-15-19(20(26-29-15)16-5-3-2-4-6-16)21(30)28-13-11-27(12-14-28)18-9-7-17(8-10-18)22(23,24)25/h2-10H,11-14H2,1H3. The summed E-state index contributed by atoms with van der Waals surface area (Å²) in [7, 11) is 0. The van der Waals surface area contributed by atoms with Gasteiger partial charge >= 0.3 is 6.18 Å². The predicted octanol–water partition coefficient (Wildman–Crippen LogP) is 5.17. The van der Waals surface area contributed by atoms with E-state index >= 15 is 0 Å². The molecule has 0 unspecified atom stereocenters. The maximum Gasteiger partial charge on any atom is 0.416 e. The summed E-state index contributed by atoms with van der Waals surface area (Å²) in [4.78, 5) is 4.85. The number of aryl methyl sites for hydroxylation is 1. The summed E-state index contributed by atoms with van der Waals surface area (Å²) in [5.41, 5.74) is 2.62. The second-order valence-corrected chi connectivity index (χ2v) is 7.54. The first kappa shape index (κ1) is 20.4. The lowest BCUT2D eigenvalue weighted by Crippen LogP contribution is -2.48. The van der Waals surface area contributed by atoms with Gasteiger partial charge < -0.3 is 14.3 Å². The summed E-state index contributed by atoms with van der Waals surface area (Å²) in [6.07, 6.45) is -4.32. The van der Waals surface area contributed by atoms with E-state index in [2.05, 4.69) is 15.0 Å². The fourth-order valence-electron chi connectivity index (χ4n) is 3.60. The first-order valence-corrected chi connectivity index (χ1v) is 9.98. The number of nitrogens with zero attached hydrogens (tertiary/aromatic N) is 3. The number of thiocarbonyl (C=S) groups is 1. The molecule has 30 heavy (non-hydrogen) atoms. The molecule has 0 saturated carbocycles. The third kappa shape index (κ3) is 4.05. The second kappa shape index (κ2) is 8.10. The lowest BCUT2D eigenvalue weighted by atomic mass is 10.1. The molecule has 3 aromatic rings. The van der Waals surface area contributed by atoms with E-state index in [4.69, 9.17) is 16.7 Å². The van der Waals surface area contributed by atoms with Crippen LogP contribution in [0.15, 0.2) is 59.1 Å². The van der Waals surface area contributed by atoms with Gasteiger partial charge in [0.2, 0.25) is 0 Å². The lowest BCUT2D eigenvalue weighted by Gasteiger charge is -2.37. The van der Waals surface area contributed by atoms with Crippen molar-refractivity contribution in [2.45, 2.75) is 13.1 Å². The van der Waals surface area contributed by atoms with Gasteiger partial charge in [-0.05, 0) is 31.2 Å². The number of halogens is 3. The summed E-state index contributed by atoms with van der Waals surface area (Å²) < 4.78 is 43.8. The summed E-state index contributed by atoms with van der Waals surface area (Å²) in [6, 6.07) is 15.0. The molecule has 1 aromatic heterocycles. The van der Waals surface area contributed by atoms with Crippen molar-refractivity contribution in [3.63, 3.8) is 0 Å². The number of hydrogen-bond donors (Lipinski definition) is 0. The minimum atomic E-state index is -4.32. The number of piperazine rings is 1. The Morgan fingerprint density at radius 3 is 2.20 bits per heavy atom. The summed E-state index contributed by atoms with van der Waals surface area (Å²) >= 11 is 5.76. The molecule has 2 aromatic carbocycles. The van der Waals surface area contributed by atoms with Crippen molar-refractivity contribution in [3.05, 3.63) is 71.5 Å². The van der Waals surface area contributed by atoms with Crippen LogP contribution in [0.2, 0.25) is 0 Å². The van der Waals surface area contributed by atoms with Gasteiger partial charge in [-0.2, -0.15) is 13.2 Å². The van der Waals surface area contributed by atoms with Crippen LogP contribution in [0.4, 0.5) is 18.9 Å². The third-order valence-electron chi connectivity index (χ3n) is 5.25. The molecule has 1 aliphatic heterocycles. The Hall–Kier alpha value is -2.87. The zero-order valence-corrected chi connectivity index (χ0v) is 17.1. The van der Waals surface area contributed by atoms with Crippen LogP contribution < -0.4 is 4.90 Å². The molecule has 0 amide bonds. The fourth-order valence-corrected chi connectivity index (χ4v) is 4.03. The van der Waals surface area contributed by atoms with Crippen LogP contribution in [-0.4, -0.2) is 41.2 Å². The molecule has 1 aliphatic rings. The van der Waals surface area contributed by atoms with Crippen molar-refractivity contribution < 1.29 is 17.7 Å². The smallest absolute Gasteiger partial charge is 0.368 e. The maximum absolute atomic E-state index is 12.8. The molecule has 4 nitrogen and oxygen atoms in total. The van der Waals surface area contributed by atoms with E-state index in [0.717, 1.165) is 34.6 Å². The molecule has 0 N–H and O–H groups in total. The van der Waals surface area contributed by atoms with Crippen molar-refractivity contribution in [3.8, 4) is 11.3 Å². The molecule has 1 saturated heterocycles. The van der Waals surface area contributed by atoms with Gasteiger partial charge in [0.1, 0.15) is 16.4 Å². The monoisotopic (exact) mass is 431 g/mol. The average Bonchev–Trinajstić information content (AvgIpc) is 3.15. The molecule has 0 radical (unpaired) electrons. The van der Waals surface area contributed by atoms with E-state index in [1.54, 1.807) is 0 Å². The number of rotatable bonds is 3. The first-order chi connectivity index (χ1) is 14.3. The second-order valence-electron chi connectivity index (χ2n) is 7.15. The number of aromatic nitrogens is 1. The molecule has 4 rings (SSSR count). The topological polar surface area (TPSA) is 32.5 Å². The highest BCUT2D eigenvalue weighted by molar-refractivity contribution is 7.80. The van der Waals surface area contributed by atoms with Gasteiger partial charge in [0.05, 0.1) is 11.1 Å². The number of alkyl halides is 3. The molecular weight excluding hydrogens is 411 g/mol. The molecule has 1 fully saturated rings. The average molecular weight is 431 g/mol. The van der Waals surface area contributed by atoms with E-state index in [9.17, 15) is 13.2 Å². The van der Waals surface area contributed by atoms with Gasteiger partial charge in [-0.1, -0.05) is 47.7 Å². The van der Waals surface area contributed by atoms with E-state index in [0.29, 0.717) is 36.9 Å². The first-order valence-electron chi connectivity index (χ1n) is 9.58. The summed E-state index contributed by atoms with van der Waals surface area (Å²) in [6.45, 7) is 4.50. The van der Waals surface area contributed by atoms with E-state index in [1.807, 2.05) is 37.3 Å². The molecular formula is C22H20F3N3OS. The Labute approximate surface area is 177 Å². The Balaban J connectivity index is 1.46. The van der Waals surface area contributed by atoms with Crippen LogP contribution in [0.3, 0.4) is 0 Å². The van der Waals surface area contributed by atoms with E-state index < -0.39 is 11.7 Å². The Bertz CT molecular complexity index is 1020. The van der Waals surface area contributed by atoms with Gasteiger partial charge in [-0.25, -0.2) is 0 Å². The highest BCUT2D eigenvalue weighted by Gasteiger charge is 2.30. The summed E-state index contributed by atoms with van der Waals surface area (Å²) in [5, 5.41) is 4.20. The Kier molecular flexibility index (Phi) is 5.51. The molecule has 2 heterocycles. The van der Waals surface area contributed by atoms with Crippen LogP contribution in [0.1, 0.15) is 16.9 Å². The lowest BCUT2D eigenvalue weighted by molar-refractivity contribution is -0.137. The number of benzene rings is 2. The molecule has 156 valence electrons. The van der Waals surface area contributed by atoms with E-state index in [1.165, 1.54) is 12.1 Å². The van der Waals surface area contributed by atoms with Crippen LogP contribution in [0.5, 0.6) is 0 Å². The van der Waals surface area contributed by atoms with Crippen molar-refractivity contribution in [2.24, 2.45) is 0 Å². The molecule has 0 spiro atoms. The van der Waals surface area contributed by atoms with Gasteiger partial charge in [-0.15, -0.1) is 0 Å². The van der Waals surface area contributed by atoms with Crippen molar-refractivity contribution in [2.75, 3.05) is 31.1 Å². The van der Waals surface area contributed by atoms with Crippen molar-refractivity contribution >= 4 is 22.9 Å². The van der Waals surface area contributed by atoms with Gasteiger partial charge in [0.25, 0.3) is 0 Å². The van der Waals surface area contributed by atoms with E-state index in [-0.39, 0.29) is 0 Å². The van der Waals surface area contributed by atoms with Crippen LogP contribution in [-0.2, 0) is 6.18 Å². The van der Waals surface area contributed by atoms with Gasteiger partial charge in [0, 0.05) is 37.4 Å². The summed E-state index contributed by atoms with van der Waals surface area (Å²) in [5.74, 6) is 0.670. The highest BCUT2D eigenvalue weighted by atomic mass is 32.1. The zero-order chi connectivity index (χ0) is 21.3. The minimum Gasteiger partial charge on any atom is -0.368 e. The number of anilines is 1. The number of hydrogen-bond acceptors (Lipinski definition) is 4. The van der Waals surface area contributed by atoms with Gasteiger partial charge in [0.15, 0.2) is 0 Å². The molecule has 8 heteroatoms. The Morgan fingerprint density at radius 2 is 1.60 bits per heavy atom. The zero-order valence-electron chi connectivity index (χ0n) is 16.3. The molecule has 0 aliphatic carbocycles. The van der Waals surface area contributed by atoms with Gasteiger partial charge in [-0.3, -0.25) is 0 Å². The van der Waals surface area contributed by atoms with Crippen molar-refractivity contribution in [1.29, 1.82) is 0 Å². The SMILES string of the molecule is Cc1onc(-c2ccccc2)c1C(=S)N1CCN(c2ccc(C(F)(F)F)cc2)CC1. The fraction of sp³-hybridized carbons (Fsp3) is 0.273. The quantitative estimate of drug-likeness (QED) is 0.535. The highest BCUT2D eigenvalue weighted by Crippen LogP contribution is 2.31. The normalized spacial score (nSPS) is 14.8. The van der Waals surface area contributed by atoms with Crippen LogP contribution >= 0.6 is 12.2 Å². The Morgan fingerprint density at radius 1 is 0.967 bits per heavy atom. The minimum absolute atomic E-state index is 0.637. The van der Waals surface area contributed by atoms with Crippen LogP contribution in [0.25, 0.3) is 11.3 Å². The van der Waals surface area contributed by atoms with Crippen LogP contribution in [0, 0.1) is 6.92 Å². The molecule has 0 atom stereocenters. The third-order valence-corrected chi connectivity index (χ3v) is 5.71.